The zero-order chi connectivity index (χ0) is 12.8. The molecule has 1 fully saturated rings. The van der Waals surface area contributed by atoms with E-state index in [2.05, 4.69) is 5.32 Å². The van der Waals surface area contributed by atoms with Crippen LogP contribution in [-0.4, -0.2) is 29.1 Å². The fourth-order valence-electron chi connectivity index (χ4n) is 2.21. The van der Waals surface area contributed by atoms with E-state index in [0.29, 0.717) is 12.8 Å². The number of carbonyl (C=O) groups is 2. The normalized spacial score (nSPS) is 25.5. The lowest BCUT2D eigenvalue weighted by molar-refractivity contribution is -0.142. The Bertz CT molecular complexity index is 281. The summed E-state index contributed by atoms with van der Waals surface area (Å²) in [5, 5.41) is 11.6. The van der Waals surface area contributed by atoms with E-state index in [1.807, 2.05) is 6.92 Å². The van der Waals surface area contributed by atoms with Crippen LogP contribution >= 0.6 is 0 Å². The van der Waals surface area contributed by atoms with Crippen molar-refractivity contribution in [3.8, 4) is 0 Å². The lowest BCUT2D eigenvalue weighted by atomic mass is 10.0. The van der Waals surface area contributed by atoms with Crippen LogP contribution in [0.4, 0.5) is 0 Å². The molecule has 1 rings (SSSR count). The number of amides is 1. The van der Waals surface area contributed by atoms with E-state index in [1.54, 1.807) is 0 Å². The number of unbranched alkanes of at least 4 members (excludes halogenated alkanes) is 1. The summed E-state index contributed by atoms with van der Waals surface area (Å²) in [6, 6.07) is -0.663. The number of carboxylic acid groups (broad SMARTS) is 1. The molecule has 0 aromatic heterocycles. The molecule has 0 aromatic carbocycles. The second-order valence-corrected chi connectivity index (χ2v) is 4.81. The summed E-state index contributed by atoms with van der Waals surface area (Å²) < 4.78 is 0. The number of carbonyl (C=O) groups excluding carboxylic acids is 1. The van der Waals surface area contributed by atoms with E-state index in [0.717, 1.165) is 25.7 Å². The van der Waals surface area contributed by atoms with Crippen LogP contribution < -0.4 is 11.1 Å². The number of nitrogens with one attached hydrogen (secondary N) is 1. The Balaban J connectivity index is 2.43. The van der Waals surface area contributed by atoms with Crippen molar-refractivity contribution in [1.82, 2.24) is 5.32 Å². The van der Waals surface area contributed by atoms with Gasteiger partial charge in [-0.25, -0.2) is 4.79 Å². The first-order valence-corrected chi connectivity index (χ1v) is 6.33. The van der Waals surface area contributed by atoms with Crippen molar-refractivity contribution >= 4 is 11.9 Å². The molecular weight excluding hydrogens is 220 g/mol. The van der Waals surface area contributed by atoms with Crippen LogP contribution in [0.15, 0.2) is 0 Å². The van der Waals surface area contributed by atoms with Crippen LogP contribution in [0.25, 0.3) is 0 Å². The first-order valence-electron chi connectivity index (χ1n) is 6.33. The molecule has 0 spiro atoms. The van der Waals surface area contributed by atoms with Crippen molar-refractivity contribution < 1.29 is 14.7 Å². The van der Waals surface area contributed by atoms with E-state index in [1.165, 1.54) is 0 Å². The lowest BCUT2D eigenvalue weighted by Gasteiger charge is -2.17. The molecule has 2 unspecified atom stereocenters. The van der Waals surface area contributed by atoms with Gasteiger partial charge in [-0.2, -0.15) is 0 Å². The average Bonchev–Trinajstić information content (AvgIpc) is 2.70. The molecule has 1 amide bonds. The maximum atomic E-state index is 11.8. The number of carboxylic acids is 1. The third-order valence-corrected chi connectivity index (χ3v) is 3.30. The molecule has 0 radical (unpaired) electrons. The molecule has 17 heavy (non-hydrogen) atoms. The Morgan fingerprint density at radius 1 is 1.47 bits per heavy atom. The van der Waals surface area contributed by atoms with Gasteiger partial charge in [-0.1, -0.05) is 19.8 Å². The van der Waals surface area contributed by atoms with E-state index in [4.69, 9.17) is 10.8 Å². The average molecular weight is 242 g/mol. The summed E-state index contributed by atoms with van der Waals surface area (Å²) in [4.78, 5) is 22.8. The molecule has 0 aliphatic heterocycles. The van der Waals surface area contributed by atoms with Gasteiger partial charge in [0.15, 0.2) is 0 Å². The van der Waals surface area contributed by atoms with Crippen molar-refractivity contribution in [2.24, 2.45) is 11.7 Å². The smallest absolute Gasteiger partial charge is 0.326 e. The maximum Gasteiger partial charge on any atom is 0.326 e. The number of nitrogens with two attached hydrogens (primary N) is 1. The minimum absolute atomic E-state index is 0.0877. The van der Waals surface area contributed by atoms with Crippen LogP contribution in [0.1, 0.15) is 45.4 Å². The Hall–Kier alpha value is -1.10. The number of hydrogen-bond donors (Lipinski definition) is 3. The summed E-state index contributed by atoms with van der Waals surface area (Å²) in [5.74, 6) is -1.20. The molecule has 0 bridgehead atoms. The van der Waals surface area contributed by atoms with Crippen LogP contribution in [0.3, 0.4) is 0 Å². The first kappa shape index (κ1) is 14.0. The highest BCUT2D eigenvalue weighted by molar-refractivity contribution is 5.85. The highest BCUT2D eigenvalue weighted by Crippen LogP contribution is 2.24. The minimum Gasteiger partial charge on any atom is -0.480 e. The fourth-order valence-corrected chi connectivity index (χ4v) is 2.21. The van der Waals surface area contributed by atoms with Crippen LogP contribution in [0.2, 0.25) is 0 Å². The van der Waals surface area contributed by atoms with Gasteiger partial charge in [-0.05, 0) is 25.7 Å². The summed E-state index contributed by atoms with van der Waals surface area (Å²) in [6.45, 7) is 2.00. The van der Waals surface area contributed by atoms with E-state index in [9.17, 15) is 9.59 Å². The topological polar surface area (TPSA) is 92.4 Å². The molecule has 0 saturated heterocycles. The maximum absolute atomic E-state index is 11.8. The largest absolute Gasteiger partial charge is 0.480 e. The highest BCUT2D eigenvalue weighted by atomic mass is 16.4. The number of hydrogen-bond acceptors (Lipinski definition) is 3. The van der Waals surface area contributed by atoms with Crippen molar-refractivity contribution in [2.75, 3.05) is 0 Å². The molecule has 3 atom stereocenters. The first-order chi connectivity index (χ1) is 8.04. The van der Waals surface area contributed by atoms with E-state index in [-0.39, 0.29) is 17.9 Å². The third-order valence-electron chi connectivity index (χ3n) is 3.30. The van der Waals surface area contributed by atoms with Gasteiger partial charge in [0.05, 0.1) is 0 Å². The molecule has 0 aromatic rings. The quantitative estimate of drug-likeness (QED) is 0.644. The summed E-state index contributed by atoms with van der Waals surface area (Å²) >= 11 is 0. The van der Waals surface area contributed by atoms with Gasteiger partial charge in [-0.15, -0.1) is 0 Å². The van der Waals surface area contributed by atoms with Crippen LogP contribution in [-0.2, 0) is 9.59 Å². The lowest BCUT2D eigenvalue weighted by Crippen LogP contribution is -2.43. The van der Waals surface area contributed by atoms with Gasteiger partial charge in [-0.3, -0.25) is 4.79 Å². The highest BCUT2D eigenvalue weighted by Gasteiger charge is 2.30. The molecule has 1 aliphatic carbocycles. The molecule has 1 saturated carbocycles. The Morgan fingerprint density at radius 2 is 2.18 bits per heavy atom. The van der Waals surface area contributed by atoms with Gasteiger partial charge in [0, 0.05) is 12.0 Å². The molecule has 1 aliphatic rings. The monoisotopic (exact) mass is 242 g/mol. The Kier molecular flexibility index (Phi) is 5.41. The second kappa shape index (κ2) is 6.59. The predicted molar refractivity (Wildman–Crippen MR) is 64.4 cm³/mol. The van der Waals surface area contributed by atoms with Crippen molar-refractivity contribution in [3.63, 3.8) is 0 Å². The number of rotatable bonds is 6. The standard InChI is InChI=1S/C12H22N2O3/c1-2-3-4-10(12(16)17)14-11(15)8-5-6-9(13)7-8/h8-10H,2-7,13H2,1H3,(H,14,15)(H,16,17)/t8?,9?,10-/m0/s1. The zero-order valence-corrected chi connectivity index (χ0v) is 10.3. The summed E-state index contributed by atoms with van der Waals surface area (Å²) in [5.41, 5.74) is 5.74. The van der Waals surface area contributed by atoms with Crippen LogP contribution in [0.5, 0.6) is 0 Å². The molecule has 4 N–H and O–H groups in total. The van der Waals surface area contributed by atoms with E-state index < -0.39 is 12.0 Å². The van der Waals surface area contributed by atoms with Crippen molar-refractivity contribution in [1.29, 1.82) is 0 Å². The third kappa shape index (κ3) is 4.34. The molecular formula is C12H22N2O3. The van der Waals surface area contributed by atoms with E-state index >= 15 is 0 Å². The van der Waals surface area contributed by atoms with Crippen molar-refractivity contribution in [2.45, 2.75) is 57.5 Å². The van der Waals surface area contributed by atoms with Gasteiger partial charge in [0.2, 0.25) is 5.91 Å². The van der Waals surface area contributed by atoms with Gasteiger partial charge >= 0.3 is 5.97 Å². The Morgan fingerprint density at radius 3 is 2.65 bits per heavy atom. The predicted octanol–water partition coefficient (Wildman–Crippen LogP) is 0.873. The molecule has 5 heteroatoms. The molecule has 98 valence electrons. The zero-order valence-electron chi connectivity index (χ0n) is 10.3. The van der Waals surface area contributed by atoms with Crippen molar-refractivity contribution in [3.05, 3.63) is 0 Å². The summed E-state index contributed by atoms with van der Waals surface area (Å²) in [6.07, 6.45) is 4.52. The fraction of sp³-hybridized carbons (Fsp3) is 0.833. The van der Waals surface area contributed by atoms with Gasteiger partial charge in [0.1, 0.15) is 6.04 Å². The second-order valence-electron chi connectivity index (χ2n) is 4.81. The molecule has 5 nitrogen and oxygen atoms in total. The minimum atomic E-state index is -0.950. The Labute approximate surface area is 102 Å². The van der Waals surface area contributed by atoms with Crippen LogP contribution in [0, 0.1) is 5.92 Å². The van der Waals surface area contributed by atoms with Gasteiger partial charge < -0.3 is 16.2 Å². The number of aliphatic carboxylic acids is 1. The summed E-state index contributed by atoms with van der Waals surface area (Å²) in [7, 11) is 0. The SMILES string of the molecule is CCCC[C@H](NC(=O)C1CCC(N)C1)C(=O)O. The molecule has 0 heterocycles. The van der Waals surface area contributed by atoms with Gasteiger partial charge in [0.25, 0.3) is 0 Å².